The first kappa shape index (κ1) is 16.3. The first-order valence-corrected chi connectivity index (χ1v) is 9.88. The van der Waals surface area contributed by atoms with Crippen LogP contribution in [0.4, 0.5) is 5.69 Å². The Kier molecular flexibility index (Phi) is 4.36. The van der Waals surface area contributed by atoms with Gasteiger partial charge in [0.15, 0.2) is 15.0 Å². The molecule has 0 unspecified atom stereocenters. The van der Waals surface area contributed by atoms with E-state index in [1.807, 2.05) is 0 Å². The largest absolute Gasteiger partial charge is 0.314 e. The molecule has 0 N–H and O–H groups in total. The van der Waals surface area contributed by atoms with Gasteiger partial charge in [0.25, 0.3) is 5.91 Å². The summed E-state index contributed by atoms with van der Waals surface area (Å²) >= 11 is 7.49. The van der Waals surface area contributed by atoms with E-state index in [-0.39, 0.29) is 29.2 Å². The van der Waals surface area contributed by atoms with Crippen LogP contribution in [0, 0.1) is 11.3 Å². The van der Waals surface area contributed by atoms with E-state index < -0.39 is 15.7 Å². The fraction of sp³-hybridized carbons (Fsp3) is 0.357. The highest BCUT2D eigenvalue weighted by molar-refractivity contribution is 8.16. The summed E-state index contributed by atoms with van der Waals surface area (Å²) in [6, 6.07) is 8.49. The van der Waals surface area contributed by atoms with Crippen LogP contribution in [0.5, 0.6) is 0 Å². The lowest BCUT2D eigenvalue weighted by atomic mass is 10.2. The summed E-state index contributed by atoms with van der Waals surface area (Å²) in [5, 5.41) is 9.28. The van der Waals surface area contributed by atoms with Crippen LogP contribution < -0.4 is 4.90 Å². The number of aliphatic imine (C=N–C) groups is 1. The van der Waals surface area contributed by atoms with Gasteiger partial charge in [0.1, 0.15) is 6.42 Å². The minimum Gasteiger partial charge on any atom is -0.314 e. The third kappa shape index (κ3) is 3.22. The predicted molar refractivity (Wildman–Crippen MR) is 90.4 cm³/mol. The van der Waals surface area contributed by atoms with Crippen molar-refractivity contribution >= 4 is 50.0 Å². The number of amides is 1. The zero-order valence-corrected chi connectivity index (χ0v) is 14.2. The number of sulfone groups is 1. The molecule has 0 bridgehead atoms. The molecule has 3 rings (SSSR count). The van der Waals surface area contributed by atoms with E-state index in [0.29, 0.717) is 15.9 Å². The van der Waals surface area contributed by atoms with Gasteiger partial charge in [0.05, 0.1) is 34.3 Å². The molecule has 120 valence electrons. The van der Waals surface area contributed by atoms with Gasteiger partial charge < -0.3 is 4.90 Å². The SMILES string of the molecule is N#CCC(=O)N=C1S[C@@H]2CS(=O)(=O)C[C@@H]2N1c1ccccc1Cl. The van der Waals surface area contributed by atoms with Crippen LogP contribution in [0.15, 0.2) is 29.3 Å². The molecule has 0 aliphatic carbocycles. The monoisotopic (exact) mass is 369 g/mol. The molecule has 0 aromatic heterocycles. The molecular formula is C14H12ClN3O3S2. The third-order valence-electron chi connectivity index (χ3n) is 3.63. The topological polar surface area (TPSA) is 90.6 Å². The van der Waals surface area contributed by atoms with E-state index in [1.54, 1.807) is 35.2 Å². The van der Waals surface area contributed by atoms with Crippen molar-refractivity contribution in [1.29, 1.82) is 5.26 Å². The van der Waals surface area contributed by atoms with E-state index in [1.165, 1.54) is 11.8 Å². The number of halogens is 1. The minimum atomic E-state index is -3.12. The highest BCUT2D eigenvalue weighted by Gasteiger charge is 2.49. The summed E-state index contributed by atoms with van der Waals surface area (Å²) in [5.41, 5.74) is 0.620. The third-order valence-corrected chi connectivity index (χ3v) is 7.16. The molecule has 2 heterocycles. The van der Waals surface area contributed by atoms with Gasteiger partial charge in [0.2, 0.25) is 0 Å². The Hall–Kier alpha value is -1.56. The standard InChI is InChI=1S/C14H12ClN3O3S2/c15-9-3-1-2-4-10(9)18-11-7-23(20,21)8-12(11)22-14(18)17-13(19)5-6-16/h1-4,11-12H,5,7-8H2/t11-,12+/m0/s1. The number of fused-ring (bicyclic) bond motifs is 1. The fourth-order valence-electron chi connectivity index (χ4n) is 2.71. The number of thioether (sulfide) groups is 1. The molecule has 1 amide bonds. The number of hydrogen-bond donors (Lipinski definition) is 0. The Morgan fingerprint density at radius 1 is 1.43 bits per heavy atom. The smallest absolute Gasteiger partial charge is 0.262 e. The van der Waals surface area contributed by atoms with Gasteiger partial charge in [-0.05, 0) is 12.1 Å². The van der Waals surface area contributed by atoms with Gasteiger partial charge in [0, 0.05) is 5.25 Å². The quantitative estimate of drug-likeness (QED) is 0.790. The maximum atomic E-state index is 11.9. The molecule has 1 aromatic carbocycles. The number of carbonyl (C=O) groups is 1. The number of rotatable bonds is 2. The van der Waals surface area contributed by atoms with Crippen LogP contribution in [0.3, 0.4) is 0 Å². The molecule has 2 aliphatic rings. The lowest BCUT2D eigenvalue weighted by molar-refractivity contribution is -0.116. The number of carbonyl (C=O) groups excluding carboxylic acids is 1. The fourth-order valence-corrected chi connectivity index (χ4v) is 6.86. The number of nitriles is 1. The van der Waals surface area contributed by atoms with Crippen molar-refractivity contribution < 1.29 is 13.2 Å². The van der Waals surface area contributed by atoms with Crippen molar-refractivity contribution in [3.8, 4) is 6.07 Å². The van der Waals surface area contributed by atoms with E-state index >= 15 is 0 Å². The number of amidine groups is 1. The van der Waals surface area contributed by atoms with Crippen LogP contribution >= 0.6 is 23.4 Å². The molecule has 0 spiro atoms. The Morgan fingerprint density at radius 2 is 2.17 bits per heavy atom. The molecule has 23 heavy (non-hydrogen) atoms. The van der Waals surface area contributed by atoms with Crippen LogP contribution in [-0.4, -0.2) is 42.3 Å². The first-order chi connectivity index (χ1) is 10.9. The van der Waals surface area contributed by atoms with Crippen molar-refractivity contribution in [1.82, 2.24) is 0 Å². The second kappa shape index (κ2) is 6.15. The average molecular weight is 370 g/mol. The Balaban J connectivity index is 2.03. The van der Waals surface area contributed by atoms with Crippen LogP contribution in [0.2, 0.25) is 5.02 Å². The Bertz CT molecular complexity index is 832. The number of anilines is 1. The molecule has 2 atom stereocenters. The van der Waals surface area contributed by atoms with Crippen molar-refractivity contribution in [2.45, 2.75) is 17.7 Å². The second-order valence-corrected chi connectivity index (χ2v) is 9.01. The van der Waals surface area contributed by atoms with Gasteiger partial charge in [-0.2, -0.15) is 10.3 Å². The molecule has 1 aromatic rings. The lowest BCUT2D eigenvalue weighted by Gasteiger charge is -2.25. The van der Waals surface area contributed by atoms with E-state index in [0.717, 1.165) is 0 Å². The Morgan fingerprint density at radius 3 is 2.87 bits per heavy atom. The molecule has 0 saturated carbocycles. The molecule has 9 heteroatoms. The number of nitrogens with zero attached hydrogens (tertiary/aromatic N) is 3. The summed E-state index contributed by atoms with van der Waals surface area (Å²) in [6.07, 6.45) is -0.311. The van der Waals surface area contributed by atoms with E-state index in [9.17, 15) is 13.2 Å². The number of benzene rings is 1. The zero-order valence-electron chi connectivity index (χ0n) is 11.8. The lowest BCUT2D eigenvalue weighted by Crippen LogP contribution is -2.37. The normalized spacial score (nSPS) is 27.0. The summed E-state index contributed by atoms with van der Waals surface area (Å²) in [5.74, 6) is -0.495. The molecule has 2 fully saturated rings. The molecule has 2 aliphatic heterocycles. The van der Waals surface area contributed by atoms with Gasteiger partial charge in [-0.15, -0.1) is 0 Å². The average Bonchev–Trinajstić information content (AvgIpc) is 2.91. The Labute approximate surface area is 143 Å². The highest BCUT2D eigenvalue weighted by atomic mass is 35.5. The van der Waals surface area contributed by atoms with E-state index in [4.69, 9.17) is 16.9 Å². The summed E-state index contributed by atoms with van der Waals surface area (Å²) in [7, 11) is -3.12. The maximum absolute atomic E-state index is 11.9. The number of para-hydroxylation sites is 1. The van der Waals surface area contributed by atoms with Crippen molar-refractivity contribution in [2.75, 3.05) is 16.4 Å². The molecule has 2 saturated heterocycles. The van der Waals surface area contributed by atoms with Crippen LogP contribution in [0.25, 0.3) is 0 Å². The van der Waals surface area contributed by atoms with Crippen molar-refractivity contribution in [3.05, 3.63) is 29.3 Å². The van der Waals surface area contributed by atoms with Crippen LogP contribution in [-0.2, 0) is 14.6 Å². The highest BCUT2D eigenvalue weighted by Crippen LogP contribution is 2.42. The van der Waals surface area contributed by atoms with Gasteiger partial charge in [-0.25, -0.2) is 8.42 Å². The second-order valence-electron chi connectivity index (χ2n) is 5.24. The summed E-state index contributed by atoms with van der Waals surface area (Å²) < 4.78 is 23.8. The molecular weight excluding hydrogens is 358 g/mol. The maximum Gasteiger partial charge on any atom is 0.262 e. The van der Waals surface area contributed by atoms with Gasteiger partial charge in [-0.1, -0.05) is 35.5 Å². The van der Waals surface area contributed by atoms with Gasteiger partial charge in [-0.3, -0.25) is 4.79 Å². The van der Waals surface area contributed by atoms with E-state index in [2.05, 4.69) is 4.99 Å². The van der Waals surface area contributed by atoms with Crippen molar-refractivity contribution in [3.63, 3.8) is 0 Å². The summed E-state index contributed by atoms with van der Waals surface area (Å²) in [4.78, 5) is 17.4. The first-order valence-electron chi connectivity index (χ1n) is 6.80. The molecule has 6 nitrogen and oxygen atoms in total. The minimum absolute atomic E-state index is 0.00134. The number of hydrogen-bond acceptors (Lipinski definition) is 5. The predicted octanol–water partition coefficient (Wildman–Crippen LogP) is 1.86. The summed E-state index contributed by atoms with van der Waals surface area (Å²) in [6.45, 7) is 0. The molecule has 0 radical (unpaired) electrons. The van der Waals surface area contributed by atoms with Crippen molar-refractivity contribution in [2.24, 2.45) is 4.99 Å². The van der Waals surface area contributed by atoms with Gasteiger partial charge >= 0.3 is 0 Å². The van der Waals surface area contributed by atoms with Crippen LogP contribution in [0.1, 0.15) is 6.42 Å². The zero-order chi connectivity index (χ0) is 16.6.